The summed E-state index contributed by atoms with van der Waals surface area (Å²) in [5.41, 5.74) is 3.36. The Labute approximate surface area is 182 Å². The van der Waals surface area contributed by atoms with Gasteiger partial charge in [0.15, 0.2) is 0 Å². The van der Waals surface area contributed by atoms with Crippen molar-refractivity contribution < 1.29 is 14.6 Å². The summed E-state index contributed by atoms with van der Waals surface area (Å²) < 4.78 is 11.2. The van der Waals surface area contributed by atoms with E-state index in [0.717, 1.165) is 35.6 Å². The lowest BCUT2D eigenvalue weighted by atomic mass is 9.90. The zero-order valence-corrected chi connectivity index (χ0v) is 17.8. The third-order valence-corrected chi connectivity index (χ3v) is 5.99. The number of fused-ring (bicyclic) bond motifs is 1. The molecule has 3 atom stereocenters. The SMILES string of the molecule is O[C@H](CNC[C@@H](c1ccccc1Cl)c1c[nH]c2ccccc12)COC[C@@H]1CCCO1. The van der Waals surface area contributed by atoms with Crippen LogP contribution in [0.1, 0.15) is 29.9 Å². The Kier molecular flexibility index (Phi) is 7.42. The first kappa shape index (κ1) is 21.3. The van der Waals surface area contributed by atoms with Gasteiger partial charge in [-0.2, -0.15) is 0 Å². The second-order valence-electron chi connectivity index (χ2n) is 7.85. The first-order valence-electron chi connectivity index (χ1n) is 10.6. The number of H-pyrrole nitrogens is 1. The molecule has 1 aliphatic heterocycles. The summed E-state index contributed by atoms with van der Waals surface area (Å²) in [6, 6.07) is 16.2. The van der Waals surface area contributed by atoms with Crippen molar-refractivity contribution in [2.24, 2.45) is 0 Å². The van der Waals surface area contributed by atoms with E-state index >= 15 is 0 Å². The fraction of sp³-hybridized carbons (Fsp3) is 0.417. The van der Waals surface area contributed by atoms with E-state index in [9.17, 15) is 5.11 Å². The van der Waals surface area contributed by atoms with Crippen LogP contribution < -0.4 is 5.32 Å². The largest absolute Gasteiger partial charge is 0.389 e. The Bertz CT molecular complexity index is 939. The van der Waals surface area contributed by atoms with Crippen LogP contribution in [0.3, 0.4) is 0 Å². The lowest BCUT2D eigenvalue weighted by molar-refractivity contribution is -0.0164. The number of aromatic nitrogens is 1. The van der Waals surface area contributed by atoms with Crippen molar-refractivity contribution in [3.8, 4) is 0 Å². The van der Waals surface area contributed by atoms with E-state index < -0.39 is 6.10 Å². The maximum absolute atomic E-state index is 10.3. The summed E-state index contributed by atoms with van der Waals surface area (Å²) in [5, 5.41) is 15.6. The van der Waals surface area contributed by atoms with E-state index in [1.165, 1.54) is 10.9 Å². The molecule has 30 heavy (non-hydrogen) atoms. The molecule has 1 aliphatic rings. The number of ether oxygens (including phenoxy) is 2. The molecular formula is C24H29ClN2O3. The number of hydrogen-bond acceptors (Lipinski definition) is 4. The van der Waals surface area contributed by atoms with Crippen molar-refractivity contribution in [1.82, 2.24) is 10.3 Å². The molecule has 6 heteroatoms. The number of aromatic amines is 1. The number of hydrogen-bond donors (Lipinski definition) is 3. The monoisotopic (exact) mass is 428 g/mol. The second-order valence-corrected chi connectivity index (χ2v) is 8.26. The Hall–Kier alpha value is -1.89. The average Bonchev–Trinajstić information content (AvgIpc) is 3.42. The van der Waals surface area contributed by atoms with Crippen LogP contribution in [0.4, 0.5) is 0 Å². The summed E-state index contributed by atoms with van der Waals surface area (Å²) in [4.78, 5) is 3.36. The van der Waals surface area contributed by atoms with Gasteiger partial charge in [-0.1, -0.05) is 48.0 Å². The number of benzene rings is 2. The highest BCUT2D eigenvalue weighted by atomic mass is 35.5. The van der Waals surface area contributed by atoms with Crippen LogP contribution in [-0.2, 0) is 9.47 Å². The molecule has 0 radical (unpaired) electrons. The summed E-state index contributed by atoms with van der Waals surface area (Å²) >= 11 is 6.54. The fourth-order valence-electron chi connectivity index (χ4n) is 4.09. The van der Waals surface area contributed by atoms with Gasteiger partial charge in [-0.15, -0.1) is 0 Å². The summed E-state index contributed by atoms with van der Waals surface area (Å²) in [6.07, 6.45) is 3.80. The van der Waals surface area contributed by atoms with Crippen LogP contribution in [0, 0.1) is 0 Å². The normalized spacial score (nSPS) is 18.7. The van der Waals surface area contributed by atoms with E-state index in [-0.39, 0.29) is 12.0 Å². The number of aliphatic hydroxyl groups excluding tert-OH is 1. The van der Waals surface area contributed by atoms with Crippen LogP contribution >= 0.6 is 11.6 Å². The van der Waals surface area contributed by atoms with Gasteiger partial charge >= 0.3 is 0 Å². The Morgan fingerprint density at radius 1 is 1.13 bits per heavy atom. The number of aliphatic hydroxyl groups is 1. The fourth-order valence-corrected chi connectivity index (χ4v) is 4.36. The molecule has 1 aromatic heterocycles. The standard InChI is InChI=1S/C24H29ClN2O3/c25-23-9-3-1-7-19(23)21(22-14-27-24-10-4-2-8-20(22)24)13-26-12-17(28)15-29-16-18-6-5-11-30-18/h1-4,7-10,14,17-18,21,26-28H,5-6,11-13,15-16H2/t17-,18+,21+/m1/s1. The zero-order chi connectivity index (χ0) is 20.8. The lowest BCUT2D eigenvalue weighted by Crippen LogP contribution is -2.34. The minimum atomic E-state index is -0.568. The molecule has 3 aromatic rings. The predicted molar refractivity (Wildman–Crippen MR) is 120 cm³/mol. The average molecular weight is 429 g/mol. The third-order valence-electron chi connectivity index (χ3n) is 5.64. The van der Waals surface area contributed by atoms with E-state index in [1.807, 2.05) is 30.3 Å². The Balaban J connectivity index is 1.39. The van der Waals surface area contributed by atoms with Crippen molar-refractivity contribution in [3.63, 3.8) is 0 Å². The number of halogens is 1. The summed E-state index contributed by atoms with van der Waals surface area (Å²) in [7, 11) is 0. The van der Waals surface area contributed by atoms with Crippen LogP contribution in [0.15, 0.2) is 54.7 Å². The van der Waals surface area contributed by atoms with Crippen LogP contribution in [0.5, 0.6) is 0 Å². The minimum absolute atomic E-state index is 0.0647. The molecule has 3 N–H and O–H groups in total. The number of para-hydroxylation sites is 1. The minimum Gasteiger partial charge on any atom is -0.389 e. The quantitative estimate of drug-likeness (QED) is 0.455. The predicted octanol–water partition coefficient (Wildman–Crippen LogP) is 4.10. The molecule has 0 amide bonds. The maximum atomic E-state index is 10.3. The van der Waals surface area contributed by atoms with Crippen molar-refractivity contribution in [2.45, 2.75) is 31.0 Å². The van der Waals surface area contributed by atoms with Gasteiger partial charge in [-0.05, 0) is 36.1 Å². The van der Waals surface area contributed by atoms with E-state index in [4.69, 9.17) is 21.1 Å². The molecular weight excluding hydrogens is 400 g/mol. The van der Waals surface area contributed by atoms with Gasteiger partial charge in [-0.25, -0.2) is 0 Å². The number of nitrogens with one attached hydrogen (secondary N) is 2. The number of rotatable bonds is 10. The highest BCUT2D eigenvalue weighted by Crippen LogP contribution is 2.34. The highest BCUT2D eigenvalue weighted by Gasteiger charge is 2.21. The van der Waals surface area contributed by atoms with Gasteiger partial charge in [0.2, 0.25) is 0 Å². The van der Waals surface area contributed by atoms with E-state index in [1.54, 1.807) is 0 Å². The van der Waals surface area contributed by atoms with E-state index in [0.29, 0.717) is 26.3 Å². The van der Waals surface area contributed by atoms with Gasteiger partial charge in [0.25, 0.3) is 0 Å². The molecule has 1 fully saturated rings. The van der Waals surface area contributed by atoms with Crippen molar-refractivity contribution in [1.29, 1.82) is 0 Å². The smallest absolute Gasteiger partial charge is 0.0897 e. The molecule has 0 bridgehead atoms. The summed E-state index contributed by atoms with van der Waals surface area (Å²) in [5.74, 6) is 0.0647. The second kappa shape index (κ2) is 10.4. The first-order chi connectivity index (χ1) is 14.7. The molecule has 4 rings (SSSR count). The molecule has 0 saturated carbocycles. The molecule has 160 valence electrons. The molecule has 0 spiro atoms. The van der Waals surface area contributed by atoms with Crippen molar-refractivity contribution >= 4 is 22.5 Å². The van der Waals surface area contributed by atoms with Gasteiger partial charge in [0, 0.05) is 47.7 Å². The van der Waals surface area contributed by atoms with Gasteiger partial charge < -0.3 is 24.9 Å². The summed E-state index contributed by atoms with van der Waals surface area (Å²) in [6.45, 7) is 2.78. The van der Waals surface area contributed by atoms with Gasteiger partial charge in [0.1, 0.15) is 0 Å². The van der Waals surface area contributed by atoms with Crippen molar-refractivity contribution in [2.75, 3.05) is 32.9 Å². The lowest BCUT2D eigenvalue weighted by Gasteiger charge is -2.21. The van der Waals surface area contributed by atoms with Crippen LogP contribution in [0.25, 0.3) is 10.9 Å². The topological polar surface area (TPSA) is 66.5 Å². The molecule has 2 aromatic carbocycles. The molecule has 5 nitrogen and oxygen atoms in total. The molecule has 1 saturated heterocycles. The third kappa shape index (κ3) is 5.23. The Morgan fingerprint density at radius 3 is 2.80 bits per heavy atom. The zero-order valence-electron chi connectivity index (χ0n) is 17.0. The van der Waals surface area contributed by atoms with Gasteiger partial charge in [-0.3, -0.25) is 0 Å². The molecule has 0 aliphatic carbocycles. The van der Waals surface area contributed by atoms with Crippen LogP contribution in [0.2, 0.25) is 5.02 Å². The molecule has 2 heterocycles. The van der Waals surface area contributed by atoms with E-state index in [2.05, 4.69) is 34.7 Å². The van der Waals surface area contributed by atoms with Crippen molar-refractivity contribution in [3.05, 3.63) is 70.9 Å². The highest BCUT2D eigenvalue weighted by molar-refractivity contribution is 6.31. The van der Waals surface area contributed by atoms with Gasteiger partial charge in [0.05, 0.1) is 25.4 Å². The molecule has 0 unspecified atom stereocenters. The van der Waals surface area contributed by atoms with Crippen LogP contribution in [-0.4, -0.2) is 55.2 Å². The first-order valence-corrected chi connectivity index (χ1v) is 11.0. The Morgan fingerprint density at radius 2 is 1.97 bits per heavy atom. The maximum Gasteiger partial charge on any atom is 0.0897 e.